The lowest BCUT2D eigenvalue weighted by molar-refractivity contribution is -0.120. The van der Waals surface area contributed by atoms with E-state index in [1.165, 1.54) is 31.4 Å². The maximum atomic E-state index is 13.0. The molecule has 0 aromatic heterocycles. The number of carbonyl (C=O) groups is 4. The molecule has 1 aliphatic rings. The number of methoxy groups -OCH3 is 1. The molecule has 1 heterocycles. The first-order chi connectivity index (χ1) is 16.8. The maximum absolute atomic E-state index is 13.0. The lowest BCUT2D eigenvalue weighted by atomic mass is 10.1. The predicted molar refractivity (Wildman–Crippen MR) is 132 cm³/mol. The van der Waals surface area contributed by atoms with Crippen LogP contribution in [0.4, 0.5) is 17.1 Å². The van der Waals surface area contributed by atoms with Crippen LogP contribution in [0.2, 0.25) is 0 Å². The molecule has 3 aromatic rings. The van der Waals surface area contributed by atoms with Crippen molar-refractivity contribution in [3.05, 3.63) is 100 Å². The number of rotatable bonds is 6. The van der Waals surface area contributed by atoms with Gasteiger partial charge in [-0.05, 0) is 67.1 Å². The molecule has 8 nitrogen and oxygen atoms in total. The van der Waals surface area contributed by atoms with Gasteiger partial charge in [0.2, 0.25) is 0 Å². The van der Waals surface area contributed by atoms with Crippen LogP contribution in [-0.2, 0) is 14.3 Å². The number of aryl methyl sites for hydroxylation is 1. The first-order valence-corrected chi connectivity index (χ1v) is 10.9. The summed E-state index contributed by atoms with van der Waals surface area (Å²) in [5.41, 5.74) is 2.82. The van der Waals surface area contributed by atoms with Gasteiger partial charge in [-0.3, -0.25) is 14.4 Å². The zero-order chi connectivity index (χ0) is 25.1. The highest BCUT2D eigenvalue weighted by atomic mass is 35.5. The Hall–Kier alpha value is -4.43. The molecule has 35 heavy (non-hydrogen) atoms. The summed E-state index contributed by atoms with van der Waals surface area (Å²) in [6, 6.07) is 19.7. The minimum absolute atomic E-state index is 0.114. The van der Waals surface area contributed by atoms with Crippen molar-refractivity contribution in [1.29, 1.82) is 0 Å². The van der Waals surface area contributed by atoms with Gasteiger partial charge in [-0.15, -0.1) is 0 Å². The molecule has 0 saturated heterocycles. The van der Waals surface area contributed by atoms with Gasteiger partial charge in [-0.2, -0.15) is 0 Å². The van der Waals surface area contributed by atoms with E-state index in [2.05, 4.69) is 15.4 Å². The Labute approximate surface area is 206 Å². The van der Waals surface area contributed by atoms with E-state index in [1.54, 1.807) is 30.3 Å². The summed E-state index contributed by atoms with van der Waals surface area (Å²) in [6.45, 7) is 1.93. The molecule has 0 atom stereocenters. The molecule has 0 fully saturated rings. The maximum Gasteiger partial charge on any atom is 0.337 e. The first-order valence-electron chi connectivity index (χ1n) is 10.5. The molecule has 0 bridgehead atoms. The van der Waals surface area contributed by atoms with E-state index in [-0.39, 0.29) is 27.9 Å². The Bertz CT molecular complexity index is 1380. The Balaban J connectivity index is 1.49. The molecule has 176 valence electrons. The lowest BCUT2D eigenvalue weighted by Gasteiger charge is -2.16. The molecule has 2 N–H and O–H groups in total. The predicted octanol–water partition coefficient (Wildman–Crippen LogP) is 4.47. The molecule has 4 rings (SSSR count). The zero-order valence-electron chi connectivity index (χ0n) is 18.8. The Morgan fingerprint density at radius 2 is 1.57 bits per heavy atom. The number of esters is 1. The molecule has 3 aromatic carbocycles. The lowest BCUT2D eigenvalue weighted by Crippen LogP contribution is -2.32. The fourth-order valence-corrected chi connectivity index (χ4v) is 3.72. The van der Waals surface area contributed by atoms with E-state index in [1.807, 2.05) is 25.1 Å². The van der Waals surface area contributed by atoms with Gasteiger partial charge in [-0.25, -0.2) is 9.69 Å². The summed E-state index contributed by atoms with van der Waals surface area (Å²) >= 11 is 6.18. The van der Waals surface area contributed by atoms with E-state index in [0.717, 1.165) is 10.5 Å². The molecule has 0 unspecified atom stereocenters. The van der Waals surface area contributed by atoms with Gasteiger partial charge in [0.15, 0.2) is 0 Å². The highest BCUT2D eigenvalue weighted by Gasteiger charge is 2.39. The number of amides is 3. The third-order valence-electron chi connectivity index (χ3n) is 5.25. The van der Waals surface area contributed by atoms with Crippen molar-refractivity contribution in [2.24, 2.45) is 0 Å². The third-order valence-corrected chi connectivity index (χ3v) is 5.60. The van der Waals surface area contributed by atoms with Crippen molar-refractivity contribution in [2.45, 2.75) is 6.92 Å². The molecular weight excluding hydrogens is 470 g/mol. The Morgan fingerprint density at radius 3 is 2.26 bits per heavy atom. The Kier molecular flexibility index (Phi) is 6.66. The summed E-state index contributed by atoms with van der Waals surface area (Å²) in [6.07, 6.45) is 0. The van der Waals surface area contributed by atoms with E-state index in [4.69, 9.17) is 11.6 Å². The van der Waals surface area contributed by atoms with Gasteiger partial charge in [0.25, 0.3) is 17.7 Å². The molecule has 0 saturated carbocycles. The van der Waals surface area contributed by atoms with Crippen LogP contribution >= 0.6 is 11.6 Å². The second-order valence-electron chi connectivity index (χ2n) is 7.70. The minimum atomic E-state index is -0.727. The molecule has 0 spiro atoms. The van der Waals surface area contributed by atoms with E-state index >= 15 is 0 Å². The van der Waals surface area contributed by atoms with Crippen molar-refractivity contribution in [3.63, 3.8) is 0 Å². The Morgan fingerprint density at radius 1 is 0.857 bits per heavy atom. The SMILES string of the molecule is COC(=O)c1cccc(N2C(=O)C(Cl)=C(Nc3ccc(C(=O)Nc4cccc(C)c4)cc3)C2=O)c1. The van der Waals surface area contributed by atoms with Gasteiger partial charge >= 0.3 is 5.97 Å². The summed E-state index contributed by atoms with van der Waals surface area (Å²) in [5, 5.41) is 5.39. The van der Waals surface area contributed by atoms with Crippen LogP contribution in [-0.4, -0.2) is 30.8 Å². The molecular formula is C26H20ClN3O5. The fraction of sp³-hybridized carbons (Fsp3) is 0.0769. The average molecular weight is 490 g/mol. The number of ether oxygens (including phenoxy) is 1. The topological polar surface area (TPSA) is 105 Å². The molecule has 1 aliphatic heterocycles. The highest BCUT2D eigenvalue weighted by molar-refractivity contribution is 6.53. The largest absolute Gasteiger partial charge is 0.465 e. The normalized spacial score (nSPS) is 13.2. The number of halogens is 1. The fourth-order valence-electron chi connectivity index (χ4n) is 3.51. The van der Waals surface area contributed by atoms with E-state index in [9.17, 15) is 19.2 Å². The van der Waals surface area contributed by atoms with Crippen LogP contribution in [0.3, 0.4) is 0 Å². The molecule has 0 aliphatic carbocycles. The average Bonchev–Trinajstić information content (AvgIpc) is 3.07. The molecule has 9 heteroatoms. The van der Waals surface area contributed by atoms with Crippen LogP contribution < -0.4 is 15.5 Å². The quantitative estimate of drug-likeness (QED) is 0.391. The highest BCUT2D eigenvalue weighted by Crippen LogP contribution is 2.30. The van der Waals surface area contributed by atoms with Crippen molar-refractivity contribution in [2.75, 3.05) is 22.6 Å². The van der Waals surface area contributed by atoms with Crippen LogP contribution in [0.5, 0.6) is 0 Å². The van der Waals surface area contributed by atoms with Crippen molar-refractivity contribution in [3.8, 4) is 0 Å². The standard InChI is InChI=1S/C26H20ClN3O5/c1-15-5-3-7-19(13-15)29-23(31)16-9-11-18(12-10-16)28-22-21(27)24(32)30(25(22)33)20-8-4-6-17(14-20)26(34)35-2/h3-14,28H,1-2H3,(H,29,31). The number of carbonyl (C=O) groups excluding carboxylic acids is 4. The number of nitrogens with one attached hydrogen (secondary N) is 2. The summed E-state index contributed by atoms with van der Waals surface area (Å²) in [7, 11) is 1.24. The smallest absolute Gasteiger partial charge is 0.337 e. The van der Waals surface area contributed by atoms with Crippen LogP contribution in [0.15, 0.2) is 83.5 Å². The number of hydrogen-bond acceptors (Lipinski definition) is 6. The number of benzene rings is 3. The third kappa shape index (κ3) is 4.92. The van der Waals surface area contributed by atoms with Crippen molar-refractivity contribution < 1.29 is 23.9 Å². The second kappa shape index (κ2) is 9.82. The van der Waals surface area contributed by atoms with Crippen LogP contribution in [0, 0.1) is 6.92 Å². The summed E-state index contributed by atoms with van der Waals surface area (Å²) in [4.78, 5) is 50.9. The second-order valence-corrected chi connectivity index (χ2v) is 8.08. The van der Waals surface area contributed by atoms with Gasteiger partial charge in [0.05, 0.1) is 18.4 Å². The van der Waals surface area contributed by atoms with Crippen LogP contribution in [0.1, 0.15) is 26.3 Å². The van der Waals surface area contributed by atoms with E-state index in [0.29, 0.717) is 16.9 Å². The van der Waals surface area contributed by atoms with Gasteiger partial charge < -0.3 is 15.4 Å². The number of hydrogen-bond donors (Lipinski definition) is 2. The number of anilines is 3. The monoisotopic (exact) mass is 489 g/mol. The number of imide groups is 1. The van der Waals surface area contributed by atoms with Crippen molar-refractivity contribution >= 4 is 52.4 Å². The zero-order valence-corrected chi connectivity index (χ0v) is 19.6. The van der Waals surface area contributed by atoms with E-state index < -0.39 is 17.8 Å². The van der Waals surface area contributed by atoms with Crippen LogP contribution in [0.25, 0.3) is 0 Å². The van der Waals surface area contributed by atoms with Gasteiger partial charge in [-0.1, -0.05) is 29.8 Å². The first kappa shape index (κ1) is 23.7. The number of nitrogens with zero attached hydrogens (tertiary/aromatic N) is 1. The minimum Gasteiger partial charge on any atom is -0.465 e. The summed E-state index contributed by atoms with van der Waals surface area (Å²) in [5.74, 6) is -2.29. The summed E-state index contributed by atoms with van der Waals surface area (Å²) < 4.78 is 4.69. The molecule has 0 radical (unpaired) electrons. The molecule has 3 amide bonds. The van der Waals surface area contributed by atoms with Gasteiger partial charge in [0, 0.05) is 16.9 Å². The van der Waals surface area contributed by atoms with Gasteiger partial charge in [0.1, 0.15) is 10.7 Å². The van der Waals surface area contributed by atoms with Crippen molar-refractivity contribution in [1.82, 2.24) is 0 Å².